The van der Waals surface area contributed by atoms with Crippen molar-refractivity contribution in [3.05, 3.63) is 27.4 Å². The number of aromatic nitrogens is 1. The maximum atomic E-state index is 12.1. The van der Waals surface area contributed by atoms with E-state index in [4.69, 9.17) is 11.6 Å². The molecule has 0 fully saturated rings. The number of ether oxygens (including phenoxy) is 1. The summed E-state index contributed by atoms with van der Waals surface area (Å²) in [7, 11) is 0. The molecule has 1 rings (SSSR count). The number of aryl methyl sites for hydroxylation is 1. The Morgan fingerprint density at radius 2 is 2.18 bits per heavy atom. The van der Waals surface area contributed by atoms with Gasteiger partial charge in [-0.15, -0.1) is 24.8 Å². The molecule has 0 saturated heterocycles. The topological polar surface area (TPSA) is 65.3 Å². The van der Waals surface area contributed by atoms with Gasteiger partial charge in [-0.25, -0.2) is 0 Å². The monoisotopic (exact) mass is 270 g/mol. The minimum atomic E-state index is -5.04. The molecule has 9 heteroatoms. The maximum absolute atomic E-state index is 12.1. The molecular weight excluding hydrogens is 265 g/mol. The molecule has 17 heavy (non-hydrogen) atoms. The van der Waals surface area contributed by atoms with E-state index in [0.717, 1.165) is 6.20 Å². The van der Waals surface area contributed by atoms with Gasteiger partial charge < -0.3 is 14.9 Å². The van der Waals surface area contributed by atoms with E-state index in [1.807, 2.05) is 0 Å². The van der Waals surface area contributed by atoms with Gasteiger partial charge in [-0.05, 0) is 16.8 Å². The van der Waals surface area contributed by atoms with Crippen LogP contribution in [-0.2, 0) is 5.88 Å². The molecule has 94 valence electrons. The molecule has 0 aliphatic carbocycles. The quantitative estimate of drug-likeness (QED) is 0.481. The lowest BCUT2D eigenvalue weighted by molar-refractivity contribution is -0.393. The van der Waals surface area contributed by atoms with E-state index >= 15 is 0 Å². The van der Waals surface area contributed by atoms with E-state index in [2.05, 4.69) is 9.72 Å². The van der Waals surface area contributed by atoms with Gasteiger partial charge in [0.2, 0.25) is 5.75 Å². The summed E-state index contributed by atoms with van der Waals surface area (Å²) in [5, 5.41) is 10.5. The van der Waals surface area contributed by atoms with Gasteiger partial charge in [0.15, 0.2) is 0 Å². The SMILES string of the molecule is Cc1cnc([N+](=O)[O-])c(OC(F)(F)F)c1CCl. The first-order valence-electron chi connectivity index (χ1n) is 4.21. The van der Waals surface area contributed by atoms with Crippen molar-refractivity contribution in [1.29, 1.82) is 0 Å². The zero-order valence-electron chi connectivity index (χ0n) is 8.42. The minimum absolute atomic E-state index is 0.106. The molecule has 0 atom stereocenters. The van der Waals surface area contributed by atoms with Crippen LogP contribution in [0.1, 0.15) is 11.1 Å². The summed E-state index contributed by atoms with van der Waals surface area (Å²) in [6.45, 7) is 1.43. The van der Waals surface area contributed by atoms with Crippen molar-refractivity contribution in [2.24, 2.45) is 0 Å². The molecule has 1 aromatic heterocycles. The first-order valence-corrected chi connectivity index (χ1v) is 4.74. The predicted molar refractivity (Wildman–Crippen MR) is 51.9 cm³/mol. The van der Waals surface area contributed by atoms with Crippen molar-refractivity contribution >= 4 is 17.4 Å². The molecule has 0 aliphatic heterocycles. The van der Waals surface area contributed by atoms with Gasteiger partial charge in [0, 0.05) is 11.1 Å². The van der Waals surface area contributed by atoms with Gasteiger partial charge in [-0.3, -0.25) is 0 Å². The lowest BCUT2D eigenvalue weighted by Crippen LogP contribution is -2.19. The van der Waals surface area contributed by atoms with Crippen LogP contribution in [-0.4, -0.2) is 16.3 Å². The average molecular weight is 271 g/mol. The summed E-state index contributed by atoms with van der Waals surface area (Å²) in [5.41, 5.74) is 0.176. The van der Waals surface area contributed by atoms with E-state index in [0.29, 0.717) is 0 Å². The predicted octanol–water partition coefficient (Wildman–Crippen LogP) is 2.94. The molecule has 0 aromatic carbocycles. The van der Waals surface area contributed by atoms with Gasteiger partial charge in [0.1, 0.15) is 6.20 Å². The summed E-state index contributed by atoms with van der Waals surface area (Å²) in [6.07, 6.45) is -3.97. The highest BCUT2D eigenvalue weighted by Crippen LogP contribution is 2.36. The fraction of sp³-hybridized carbons (Fsp3) is 0.375. The van der Waals surface area contributed by atoms with Crippen molar-refractivity contribution < 1.29 is 22.8 Å². The van der Waals surface area contributed by atoms with Crippen molar-refractivity contribution in [2.45, 2.75) is 19.2 Å². The third kappa shape index (κ3) is 3.19. The number of nitrogens with zero attached hydrogens (tertiary/aromatic N) is 2. The molecule has 0 saturated carbocycles. The van der Waals surface area contributed by atoms with Crippen LogP contribution in [0.4, 0.5) is 19.0 Å². The molecule has 0 spiro atoms. The van der Waals surface area contributed by atoms with Crippen molar-refractivity contribution in [3.63, 3.8) is 0 Å². The zero-order chi connectivity index (χ0) is 13.2. The van der Waals surface area contributed by atoms with E-state index in [9.17, 15) is 23.3 Å². The number of alkyl halides is 4. The van der Waals surface area contributed by atoms with E-state index < -0.39 is 22.9 Å². The van der Waals surface area contributed by atoms with Crippen molar-refractivity contribution in [3.8, 4) is 5.75 Å². The molecular formula is C8H6ClF3N2O3. The number of hydrogen-bond donors (Lipinski definition) is 0. The summed E-state index contributed by atoms with van der Waals surface area (Å²) in [4.78, 5) is 12.8. The number of rotatable bonds is 3. The molecule has 1 aromatic rings. The summed E-state index contributed by atoms with van der Waals surface area (Å²) < 4.78 is 40.0. The summed E-state index contributed by atoms with van der Waals surface area (Å²) in [5.74, 6) is -2.32. The molecule has 0 aliphatic rings. The second kappa shape index (κ2) is 4.74. The molecule has 1 heterocycles. The van der Waals surface area contributed by atoms with Gasteiger partial charge >= 0.3 is 12.2 Å². The summed E-state index contributed by atoms with van der Waals surface area (Å²) in [6, 6.07) is 0. The van der Waals surface area contributed by atoms with Crippen LogP contribution in [0.3, 0.4) is 0 Å². The van der Waals surface area contributed by atoms with E-state index in [1.165, 1.54) is 6.92 Å². The molecule has 0 radical (unpaired) electrons. The molecule has 0 amide bonds. The van der Waals surface area contributed by atoms with Gasteiger partial charge in [-0.2, -0.15) is 0 Å². The lowest BCUT2D eigenvalue weighted by atomic mass is 10.1. The molecule has 5 nitrogen and oxygen atoms in total. The molecule has 0 bridgehead atoms. The Bertz CT molecular complexity index is 450. The highest BCUT2D eigenvalue weighted by atomic mass is 35.5. The fourth-order valence-corrected chi connectivity index (χ4v) is 1.46. The first kappa shape index (κ1) is 13.5. The van der Waals surface area contributed by atoms with Crippen LogP contribution in [0.5, 0.6) is 5.75 Å². The third-order valence-corrected chi connectivity index (χ3v) is 2.13. The zero-order valence-corrected chi connectivity index (χ0v) is 9.17. The van der Waals surface area contributed by atoms with Gasteiger partial charge in [-0.1, -0.05) is 0 Å². The normalized spacial score (nSPS) is 11.4. The second-order valence-electron chi connectivity index (χ2n) is 3.01. The highest BCUT2D eigenvalue weighted by molar-refractivity contribution is 6.17. The Morgan fingerprint density at radius 1 is 1.59 bits per heavy atom. The Morgan fingerprint density at radius 3 is 2.59 bits per heavy atom. The van der Waals surface area contributed by atoms with Crippen molar-refractivity contribution in [2.75, 3.05) is 0 Å². The Labute approximate surface area is 98.3 Å². The molecule has 0 N–H and O–H groups in total. The smallest absolute Gasteiger partial charge is 0.396 e. The lowest BCUT2D eigenvalue weighted by Gasteiger charge is -2.12. The fourth-order valence-electron chi connectivity index (χ4n) is 1.13. The highest BCUT2D eigenvalue weighted by Gasteiger charge is 2.37. The van der Waals surface area contributed by atoms with E-state index in [-0.39, 0.29) is 17.0 Å². The average Bonchev–Trinajstić information content (AvgIpc) is 2.15. The van der Waals surface area contributed by atoms with Crippen molar-refractivity contribution in [1.82, 2.24) is 4.98 Å². The number of pyridine rings is 1. The van der Waals surface area contributed by atoms with Crippen LogP contribution in [0.15, 0.2) is 6.20 Å². The van der Waals surface area contributed by atoms with Gasteiger partial charge in [0.05, 0.1) is 5.88 Å². The second-order valence-corrected chi connectivity index (χ2v) is 3.28. The largest absolute Gasteiger partial charge is 0.573 e. The minimum Gasteiger partial charge on any atom is -0.396 e. The standard InChI is InChI=1S/C8H6ClF3N2O3/c1-4-3-13-7(14(15)16)6(5(4)2-9)17-8(10,11)12/h3H,2H2,1H3. The molecule has 0 unspecified atom stereocenters. The Hall–Kier alpha value is -1.57. The van der Waals surface area contributed by atoms with Crippen LogP contribution >= 0.6 is 11.6 Å². The Kier molecular flexibility index (Phi) is 3.76. The van der Waals surface area contributed by atoms with Crippen LogP contribution in [0.2, 0.25) is 0 Å². The number of halogens is 4. The summed E-state index contributed by atoms with van der Waals surface area (Å²) >= 11 is 5.45. The first-order chi connectivity index (χ1) is 7.76. The maximum Gasteiger partial charge on any atom is 0.573 e. The third-order valence-electron chi connectivity index (χ3n) is 1.86. The Balaban J connectivity index is 3.39. The van der Waals surface area contributed by atoms with Crippen LogP contribution in [0.25, 0.3) is 0 Å². The number of hydrogen-bond acceptors (Lipinski definition) is 4. The number of nitro groups is 1. The van der Waals surface area contributed by atoms with E-state index in [1.54, 1.807) is 0 Å². The van der Waals surface area contributed by atoms with Crippen LogP contribution in [0, 0.1) is 17.0 Å². The van der Waals surface area contributed by atoms with Gasteiger partial charge in [0.25, 0.3) is 0 Å². The van der Waals surface area contributed by atoms with Crippen LogP contribution < -0.4 is 4.74 Å².